The topological polar surface area (TPSA) is 73.2 Å². The number of halogens is 1. The van der Waals surface area contributed by atoms with E-state index in [2.05, 4.69) is 4.99 Å². The number of hydrogen-bond donors (Lipinski definition) is 1. The molecule has 1 N–H and O–H groups in total. The normalized spacial score (nSPS) is 22.0. The lowest BCUT2D eigenvalue weighted by Gasteiger charge is -2.31. The molecule has 0 saturated carbocycles. The zero-order valence-electron chi connectivity index (χ0n) is 15.1. The Morgan fingerprint density at radius 1 is 1.22 bits per heavy atom. The third kappa shape index (κ3) is 3.72. The minimum absolute atomic E-state index is 0.0352. The van der Waals surface area contributed by atoms with E-state index in [1.807, 2.05) is 30.3 Å². The molecule has 0 spiro atoms. The summed E-state index contributed by atoms with van der Waals surface area (Å²) < 4.78 is 26.2. The van der Waals surface area contributed by atoms with E-state index in [9.17, 15) is 13.5 Å². The van der Waals surface area contributed by atoms with Gasteiger partial charge < -0.3 is 10.0 Å². The minimum atomic E-state index is -3.73. The van der Waals surface area contributed by atoms with Crippen LogP contribution in [0.4, 0.5) is 5.69 Å². The van der Waals surface area contributed by atoms with Gasteiger partial charge in [0.15, 0.2) is 10.9 Å². The second-order valence-corrected chi connectivity index (χ2v) is 9.80. The maximum atomic E-state index is 12.5. The fourth-order valence-electron chi connectivity index (χ4n) is 2.66. The summed E-state index contributed by atoms with van der Waals surface area (Å²) in [4.78, 5) is 6.19. The Morgan fingerprint density at radius 3 is 2.52 bits per heavy atom. The average molecular weight is 426 g/mol. The van der Waals surface area contributed by atoms with Crippen LogP contribution in [0.5, 0.6) is 0 Å². The van der Waals surface area contributed by atoms with Crippen LogP contribution in [-0.4, -0.2) is 54.8 Å². The van der Waals surface area contributed by atoms with Gasteiger partial charge in [0.1, 0.15) is 4.90 Å². The highest BCUT2D eigenvalue weighted by atomic mass is 35.5. The number of sulfonamides is 1. The van der Waals surface area contributed by atoms with Gasteiger partial charge in [-0.3, -0.25) is 0 Å². The lowest BCUT2D eigenvalue weighted by Crippen LogP contribution is -2.42. The zero-order chi connectivity index (χ0) is 19.8. The second kappa shape index (κ2) is 7.44. The van der Waals surface area contributed by atoms with Crippen LogP contribution < -0.4 is 0 Å². The molecule has 0 amide bonds. The largest absolute Gasteiger partial charge is 0.366 e. The summed E-state index contributed by atoms with van der Waals surface area (Å²) in [5.41, 5.74) is -0.164. The van der Waals surface area contributed by atoms with Crippen LogP contribution >= 0.6 is 23.4 Å². The fraction of sp³-hybridized carbons (Fsp3) is 0.278. The molecule has 0 aliphatic carbocycles. The molecule has 1 aliphatic rings. The van der Waals surface area contributed by atoms with Gasteiger partial charge in [-0.1, -0.05) is 47.6 Å². The summed E-state index contributed by atoms with van der Waals surface area (Å²) in [6, 6.07) is 14.0. The third-order valence-electron chi connectivity index (χ3n) is 4.38. The molecule has 3 rings (SSSR count). The Labute approximate surface area is 168 Å². The first-order valence-corrected chi connectivity index (χ1v) is 10.9. The molecule has 1 aliphatic heterocycles. The number of benzene rings is 2. The van der Waals surface area contributed by atoms with Crippen molar-refractivity contribution in [3.63, 3.8) is 0 Å². The smallest absolute Gasteiger partial charge is 0.244 e. The minimum Gasteiger partial charge on any atom is -0.366 e. The van der Waals surface area contributed by atoms with Gasteiger partial charge in [0, 0.05) is 26.7 Å². The molecule has 6 nitrogen and oxygen atoms in total. The van der Waals surface area contributed by atoms with Crippen LogP contribution in [0.25, 0.3) is 0 Å². The van der Waals surface area contributed by atoms with Crippen LogP contribution in [0.3, 0.4) is 0 Å². The van der Waals surface area contributed by atoms with Crippen LogP contribution in [0.2, 0.25) is 5.02 Å². The van der Waals surface area contributed by atoms with Crippen molar-refractivity contribution in [3.8, 4) is 0 Å². The van der Waals surface area contributed by atoms with Crippen molar-refractivity contribution < 1.29 is 13.5 Å². The molecule has 0 radical (unpaired) electrons. The highest BCUT2D eigenvalue weighted by Crippen LogP contribution is 2.40. The summed E-state index contributed by atoms with van der Waals surface area (Å²) in [5.74, 6) is 0.318. The van der Waals surface area contributed by atoms with Gasteiger partial charge in [0.05, 0.1) is 16.5 Å². The summed E-state index contributed by atoms with van der Waals surface area (Å²) in [6.07, 6.45) is 0. The van der Waals surface area contributed by atoms with Crippen molar-refractivity contribution in [1.29, 1.82) is 0 Å². The SMILES string of the molecule is CN1C(=Nc2ccccc2)SCC1(O)c1ccc(Cl)c(S(=O)(=O)N(C)C)c1. The van der Waals surface area contributed by atoms with E-state index in [1.165, 1.54) is 38.0 Å². The van der Waals surface area contributed by atoms with Gasteiger partial charge in [-0.25, -0.2) is 17.7 Å². The second-order valence-electron chi connectivity index (χ2n) is 6.33. The van der Waals surface area contributed by atoms with Crippen molar-refractivity contribution in [2.24, 2.45) is 4.99 Å². The average Bonchev–Trinajstić information content (AvgIpc) is 2.92. The Morgan fingerprint density at radius 2 is 1.89 bits per heavy atom. The van der Waals surface area contributed by atoms with E-state index < -0.39 is 15.7 Å². The van der Waals surface area contributed by atoms with Crippen molar-refractivity contribution in [3.05, 3.63) is 59.1 Å². The predicted octanol–water partition coefficient (Wildman–Crippen LogP) is 3.10. The maximum Gasteiger partial charge on any atom is 0.244 e. The molecule has 1 heterocycles. The fourth-order valence-corrected chi connectivity index (χ4v) is 5.26. The first kappa shape index (κ1) is 20.2. The molecule has 1 unspecified atom stereocenters. The Kier molecular flexibility index (Phi) is 5.56. The number of rotatable bonds is 4. The standard InChI is InChI=1S/C18H20ClN3O3S2/c1-21(2)27(24,25)16-11-13(9-10-15(16)19)18(23)12-26-17(22(18)3)20-14-7-5-4-6-8-14/h4-11,23H,12H2,1-3H3. The molecule has 144 valence electrons. The molecule has 1 atom stereocenters. The summed E-state index contributed by atoms with van der Waals surface area (Å²) in [5, 5.41) is 12.0. The van der Waals surface area contributed by atoms with Crippen molar-refractivity contribution in [1.82, 2.24) is 9.21 Å². The van der Waals surface area contributed by atoms with E-state index in [0.29, 0.717) is 16.5 Å². The number of thioether (sulfide) groups is 1. The number of para-hydroxylation sites is 1. The molecule has 27 heavy (non-hydrogen) atoms. The Bertz CT molecular complexity index is 981. The van der Waals surface area contributed by atoms with Crippen LogP contribution in [0.15, 0.2) is 58.4 Å². The Balaban J connectivity index is 2.01. The maximum absolute atomic E-state index is 12.5. The molecule has 0 aromatic heterocycles. The highest BCUT2D eigenvalue weighted by molar-refractivity contribution is 8.14. The van der Waals surface area contributed by atoms with E-state index >= 15 is 0 Å². The van der Waals surface area contributed by atoms with Gasteiger partial charge in [-0.15, -0.1) is 0 Å². The van der Waals surface area contributed by atoms with Crippen molar-refractivity contribution in [2.45, 2.75) is 10.6 Å². The van der Waals surface area contributed by atoms with E-state index in [0.717, 1.165) is 9.99 Å². The van der Waals surface area contributed by atoms with Crippen molar-refractivity contribution in [2.75, 3.05) is 26.9 Å². The van der Waals surface area contributed by atoms with Crippen LogP contribution in [0, 0.1) is 0 Å². The van der Waals surface area contributed by atoms with Crippen LogP contribution in [-0.2, 0) is 15.7 Å². The number of amidine groups is 1. The number of hydrogen-bond acceptors (Lipinski definition) is 5. The summed E-state index contributed by atoms with van der Waals surface area (Å²) in [7, 11) is 0.881. The summed E-state index contributed by atoms with van der Waals surface area (Å²) in [6.45, 7) is 0. The molecule has 2 aromatic rings. The van der Waals surface area contributed by atoms with E-state index in [-0.39, 0.29) is 9.92 Å². The first-order valence-electron chi connectivity index (χ1n) is 8.11. The van der Waals surface area contributed by atoms with Gasteiger partial charge in [-0.05, 0) is 24.3 Å². The highest BCUT2D eigenvalue weighted by Gasteiger charge is 2.43. The predicted molar refractivity (Wildman–Crippen MR) is 110 cm³/mol. The molecular weight excluding hydrogens is 406 g/mol. The monoisotopic (exact) mass is 425 g/mol. The Hall–Kier alpha value is -1.58. The first-order chi connectivity index (χ1) is 12.7. The van der Waals surface area contributed by atoms with E-state index in [4.69, 9.17) is 11.6 Å². The van der Waals surface area contributed by atoms with Gasteiger partial charge in [-0.2, -0.15) is 0 Å². The lowest BCUT2D eigenvalue weighted by atomic mass is 10.0. The van der Waals surface area contributed by atoms with Crippen LogP contribution in [0.1, 0.15) is 5.56 Å². The molecule has 1 saturated heterocycles. The molecule has 0 bridgehead atoms. The molecular formula is C18H20ClN3O3S2. The van der Waals surface area contributed by atoms with Gasteiger partial charge in [0.2, 0.25) is 10.0 Å². The summed E-state index contributed by atoms with van der Waals surface area (Å²) >= 11 is 7.52. The number of aliphatic hydroxyl groups is 1. The molecule has 1 fully saturated rings. The van der Waals surface area contributed by atoms with Gasteiger partial charge >= 0.3 is 0 Å². The third-order valence-corrected chi connectivity index (χ3v) is 7.84. The lowest BCUT2D eigenvalue weighted by molar-refractivity contribution is -0.0349. The van der Waals surface area contributed by atoms with Crippen molar-refractivity contribution >= 4 is 44.2 Å². The quantitative estimate of drug-likeness (QED) is 0.814. The van der Waals surface area contributed by atoms with Gasteiger partial charge in [0.25, 0.3) is 0 Å². The number of nitrogens with zero attached hydrogens (tertiary/aromatic N) is 3. The zero-order valence-corrected chi connectivity index (χ0v) is 17.5. The molecule has 2 aromatic carbocycles. The van der Waals surface area contributed by atoms with E-state index in [1.54, 1.807) is 18.0 Å². The number of aliphatic imine (C=N–C) groups is 1. The molecule has 9 heteroatoms.